The van der Waals surface area contributed by atoms with Gasteiger partial charge in [0.25, 0.3) is 0 Å². The van der Waals surface area contributed by atoms with E-state index in [1.165, 1.54) is 0 Å². The molecule has 5 nitrogen and oxygen atoms in total. The summed E-state index contributed by atoms with van der Waals surface area (Å²) in [5.41, 5.74) is 13.1. The van der Waals surface area contributed by atoms with Crippen LogP contribution in [0.15, 0.2) is 36.4 Å². The quantitative estimate of drug-likeness (QED) is 0.871. The number of aromatic nitrogens is 1. The Morgan fingerprint density at radius 1 is 1.32 bits per heavy atom. The van der Waals surface area contributed by atoms with Crippen molar-refractivity contribution in [2.75, 3.05) is 5.73 Å². The molecule has 1 amide bonds. The third-order valence-electron chi connectivity index (χ3n) is 2.63. The van der Waals surface area contributed by atoms with Crippen molar-refractivity contribution in [3.8, 4) is 5.75 Å². The summed E-state index contributed by atoms with van der Waals surface area (Å²) in [6, 6.07) is 10.6. The number of nitrogens with two attached hydrogens (primary N) is 2. The predicted octanol–water partition coefficient (Wildman–Crippen LogP) is 1.65. The van der Waals surface area contributed by atoms with Gasteiger partial charge in [0.05, 0.1) is 0 Å². The van der Waals surface area contributed by atoms with E-state index in [2.05, 4.69) is 4.98 Å². The number of hydrogen-bond donors (Lipinski definition) is 2. The number of rotatable bonds is 4. The molecule has 0 saturated carbocycles. The predicted molar refractivity (Wildman–Crippen MR) is 72.7 cm³/mol. The van der Waals surface area contributed by atoms with Gasteiger partial charge in [-0.15, -0.1) is 0 Å². The summed E-state index contributed by atoms with van der Waals surface area (Å²) in [7, 11) is 0. The van der Waals surface area contributed by atoms with Gasteiger partial charge < -0.3 is 16.2 Å². The Bertz CT molecular complexity index is 611. The molecule has 0 atom stereocenters. The lowest BCUT2D eigenvalue weighted by Crippen LogP contribution is -2.11. The molecule has 0 unspecified atom stereocenters. The van der Waals surface area contributed by atoms with Gasteiger partial charge in [-0.05, 0) is 36.8 Å². The van der Waals surface area contributed by atoms with Crippen molar-refractivity contribution in [3.05, 3.63) is 53.2 Å². The van der Waals surface area contributed by atoms with Crippen LogP contribution in [0.1, 0.15) is 21.6 Å². The zero-order valence-electron chi connectivity index (χ0n) is 10.6. The minimum atomic E-state index is -0.460. The van der Waals surface area contributed by atoms with E-state index < -0.39 is 5.91 Å². The van der Waals surface area contributed by atoms with Gasteiger partial charge in [-0.2, -0.15) is 0 Å². The first-order valence-corrected chi connectivity index (χ1v) is 5.81. The van der Waals surface area contributed by atoms with Crippen molar-refractivity contribution < 1.29 is 9.53 Å². The van der Waals surface area contributed by atoms with Gasteiger partial charge in [-0.25, -0.2) is 4.98 Å². The van der Waals surface area contributed by atoms with Gasteiger partial charge in [0.2, 0.25) is 5.91 Å². The standard InChI is InChI=1S/C14H15N3O2/c1-9-5-6-12(13(15)17-9)19-8-10-3-2-4-11(7-10)14(16)18/h2-7H,8H2,1H3,(H2,15,17)(H2,16,18). The van der Waals surface area contributed by atoms with Crippen LogP contribution in [0, 0.1) is 6.92 Å². The van der Waals surface area contributed by atoms with E-state index in [-0.39, 0.29) is 0 Å². The molecular weight excluding hydrogens is 242 g/mol. The van der Waals surface area contributed by atoms with E-state index in [4.69, 9.17) is 16.2 Å². The van der Waals surface area contributed by atoms with Crippen LogP contribution < -0.4 is 16.2 Å². The lowest BCUT2D eigenvalue weighted by molar-refractivity contribution is 0.1000. The largest absolute Gasteiger partial charge is 0.485 e. The number of primary amides is 1. The zero-order valence-corrected chi connectivity index (χ0v) is 10.6. The van der Waals surface area contributed by atoms with Crippen molar-refractivity contribution in [1.29, 1.82) is 0 Å². The summed E-state index contributed by atoms with van der Waals surface area (Å²) >= 11 is 0. The van der Waals surface area contributed by atoms with Crippen LogP contribution in [-0.2, 0) is 6.61 Å². The number of carbonyl (C=O) groups excluding carboxylic acids is 1. The number of hydrogen-bond acceptors (Lipinski definition) is 4. The molecule has 0 aliphatic rings. The van der Waals surface area contributed by atoms with Crippen molar-refractivity contribution in [2.24, 2.45) is 5.73 Å². The van der Waals surface area contributed by atoms with Gasteiger partial charge in [0.15, 0.2) is 11.6 Å². The van der Waals surface area contributed by atoms with E-state index in [0.29, 0.717) is 23.7 Å². The second-order valence-corrected chi connectivity index (χ2v) is 4.19. The smallest absolute Gasteiger partial charge is 0.248 e. The molecule has 0 saturated heterocycles. The Labute approximate surface area is 111 Å². The normalized spacial score (nSPS) is 10.2. The molecule has 0 fully saturated rings. The summed E-state index contributed by atoms with van der Waals surface area (Å²) in [5, 5.41) is 0. The van der Waals surface area contributed by atoms with E-state index in [1.807, 2.05) is 19.1 Å². The average molecular weight is 257 g/mol. The first-order chi connectivity index (χ1) is 9.06. The Kier molecular flexibility index (Phi) is 3.66. The van der Waals surface area contributed by atoms with E-state index in [1.54, 1.807) is 24.3 Å². The number of carbonyl (C=O) groups is 1. The molecule has 1 aromatic heterocycles. The average Bonchev–Trinajstić information content (AvgIpc) is 2.38. The van der Waals surface area contributed by atoms with Crippen molar-refractivity contribution in [2.45, 2.75) is 13.5 Å². The number of anilines is 1. The SMILES string of the molecule is Cc1ccc(OCc2cccc(C(N)=O)c2)c(N)n1. The molecule has 19 heavy (non-hydrogen) atoms. The molecular formula is C14H15N3O2. The Morgan fingerprint density at radius 2 is 2.11 bits per heavy atom. The number of amides is 1. The molecule has 5 heteroatoms. The number of benzene rings is 1. The summed E-state index contributed by atoms with van der Waals surface area (Å²) in [5.74, 6) is 0.416. The van der Waals surface area contributed by atoms with Crippen LogP contribution in [0.2, 0.25) is 0 Å². The van der Waals surface area contributed by atoms with Crippen LogP contribution >= 0.6 is 0 Å². The molecule has 0 bridgehead atoms. The second kappa shape index (κ2) is 5.39. The minimum absolute atomic E-state index is 0.302. The Hall–Kier alpha value is -2.56. The number of nitrogens with zero attached hydrogens (tertiary/aromatic N) is 1. The summed E-state index contributed by atoms with van der Waals surface area (Å²) < 4.78 is 5.57. The van der Waals surface area contributed by atoms with E-state index in [0.717, 1.165) is 11.3 Å². The van der Waals surface area contributed by atoms with Gasteiger partial charge in [-0.1, -0.05) is 12.1 Å². The van der Waals surface area contributed by atoms with Crippen molar-refractivity contribution in [1.82, 2.24) is 4.98 Å². The Morgan fingerprint density at radius 3 is 2.79 bits per heavy atom. The lowest BCUT2D eigenvalue weighted by Gasteiger charge is -2.09. The maximum atomic E-state index is 11.1. The van der Waals surface area contributed by atoms with Gasteiger partial charge in [-0.3, -0.25) is 4.79 Å². The van der Waals surface area contributed by atoms with Crippen LogP contribution in [0.4, 0.5) is 5.82 Å². The highest BCUT2D eigenvalue weighted by atomic mass is 16.5. The maximum absolute atomic E-state index is 11.1. The molecule has 0 spiro atoms. The molecule has 2 rings (SSSR count). The van der Waals surface area contributed by atoms with Crippen LogP contribution in [0.25, 0.3) is 0 Å². The minimum Gasteiger partial charge on any atom is -0.485 e. The summed E-state index contributed by atoms with van der Waals surface area (Å²) in [6.07, 6.45) is 0. The number of aryl methyl sites for hydroxylation is 1. The van der Waals surface area contributed by atoms with Gasteiger partial charge in [0, 0.05) is 11.3 Å². The molecule has 98 valence electrons. The first-order valence-electron chi connectivity index (χ1n) is 5.81. The molecule has 0 aliphatic carbocycles. The number of nitrogen functional groups attached to an aromatic ring is 1. The summed E-state index contributed by atoms with van der Waals surface area (Å²) in [4.78, 5) is 15.2. The third-order valence-corrected chi connectivity index (χ3v) is 2.63. The fraction of sp³-hybridized carbons (Fsp3) is 0.143. The van der Waals surface area contributed by atoms with Crippen LogP contribution in [0.5, 0.6) is 5.75 Å². The highest BCUT2D eigenvalue weighted by Gasteiger charge is 2.04. The van der Waals surface area contributed by atoms with Crippen molar-refractivity contribution in [3.63, 3.8) is 0 Å². The highest BCUT2D eigenvalue weighted by molar-refractivity contribution is 5.92. The number of ether oxygens (including phenoxy) is 1. The monoisotopic (exact) mass is 257 g/mol. The maximum Gasteiger partial charge on any atom is 0.248 e. The molecule has 1 heterocycles. The fourth-order valence-corrected chi connectivity index (χ4v) is 1.66. The van der Waals surface area contributed by atoms with Crippen molar-refractivity contribution >= 4 is 11.7 Å². The fourth-order valence-electron chi connectivity index (χ4n) is 1.66. The van der Waals surface area contributed by atoms with Gasteiger partial charge >= 0.3 is 0 Å². The molecule has 2 aromatic rings. The number of pyridine rings is 1. The highest BCUT2D eigenvalue weighted by Crippen LogP contribution is 2.20. The zero-order chi connectivity index (χ0) is 13.8. The van der Waals surface area contributed by atoms with E-state index >= 15 is 0 Å². The van der Waals surface area contributed by atoms with Crippen LogP contribution in [0.3, 0.4) is 0 Å². The second-order valence-electron chi connectivity index (χ2n) is 4.19. The molecule has 1 aromatic carbocycles. The topological polar surface area (TPSA) is 91.2 Å². The lowest BCUT2D eigenvalue weighted by atomic mass is 10.1. The third kappa shape index (κ3) is 3.22. The van der Waals surface area contributed by atoms with Crippen LogP contribution in [-0.4, -0.2) is 10.9 Å². The molecule has 0 aliphatic heterocycles. The van der Waals surface area contributed by atoms with E-state index in [9.17, 15) is 4.79 Å². The van der Waals surface area contributed by atoms with Gasteiger partial charge in [0.1, 0.15) is 6.61 Å². The summed E-state index contributed by atoms with van der Waals surface area (Å²) in [6.45, 7) is 2.16. The molecule has 4 N–H and O–H groups in total. The molecule has 0 radical (unpaired) electrons. The Balaban J connectivity index is 2.10. The first kappa shape index (κ1) is 12.9.